The van der Waals surface area contributed by atoms with Gasteiger partial charge in [0.15, 0.2) is 0 Å². The highest BCUT2D eigenvalue weighted by Crippen LogP contribution is 2.16. The maximum Gasteiger partial charge on any atom is 0.119 e. The van der Waals surface area contributed by atoms with Crippen molar-refractivity contribution in [1.29, 1.82) is 0 Å². The van der Waals surface area contributed by atoms with E-state index in [0.29, 0.717) is 0 Å². The Balaban J connectivity index is 2.01. The third-order valence-corrected chi connectivity index (χ3v) is 3.55. The van der Waals surface area contributed by atoms with E-state index in [1.54, 1.807) is 7.11 Å². The van der Waals surface area contributed by atoms with E-state index in [9.17, 15) is 0 Å². The zero-order valence-electron chi connectivity index (χ0n) is 11.6. The number of nitrogens with zero attached hydrogens (tertiary/aromatic N) is 1. The Hall–Kier alpha value is -1.14. The molecule has 0 radical (unpaired) electrons. The molecule has 1 fully saturated rings. The number of likely N-dealkylation sites (N-methyl/N-ethyl adjacent to an activating group) is 1. The number of hydrazine groups is 1. The van der Waals surface area contributed by atoms with E-state index in [1.165, 1.54) is 5.56 Å². The van der Waals surface area contributed by atoms with Gasteiger partial charge in [-0.25, -0.2) is 0 Å². The Labute approximate surface area is 114 Å². The standard InChI is InChI=1S/C14H23N3O2/c1-17-6-7-19-14(10-17)13(16-15)9-11-4-3-5-12(8-11)18-2/h3-5,8,13-14,16H,6-7,9-10,15H2,1-2H3. The van der Waals surface area contributed by atoms with Crippen molar-refractivity contribution in [3.05, 3.63) is 29.8 Å². The molecule has 5 nitrogen and oxygen atoms in total. The summed E-state index contributed by atoms with van der Waals surface area (Å²) in [6, 6.07) is 8.17. The second kappa shape index (κ2) is 6.86. The van der Waals surface area contributed by atoms with E-state index in [4.69, 9.17) is 15.3 Å². The second-order valence-corrected chi connectivity index (χ2v) is 5.00. The molecule has 1 aliphatic rings. The van der Waals surface area contributed by atoms with Crippen LogP contribution in [0.3, 0.4) is 0 Å². The fourth-order valence-electron chi connectivity index (χ4n) is 2.41. The Bertz CT molecular complexity index is 400. The highest BCUT2D eigenvalue weighted by Gasteiger charge is 2.26. The lowest BCUT2D eigenvalue weighted by Crippen LogP contribution is -2.54. The normalized spacial score (nSPS) is 22.2. The van der Waals surface area contributed by atoms with Crippen LogP contribution in [0.5, 0.6) is 5.75 Å². The van der Waals surface area contributed by atoms with Crippen molar-refractivity contribution in [3.8, 4) is 5.75 Å². The largest absolute Gasteiger partial charge is 0.497 e. The summed E-state index contributed by atoms with van der Waals surface area (Å²) in [4.78, 5) is 2.27. The van der Waals surface area contributed by atoms with Crippen molar-refractivity contribution >= 4 is 0 Å². The van der Waals surface area contributed by atoms with Crippen LogP contribution in [0.2, 0.25) is 0 Å². The third-order valence-electron chi connectivity index (χ3n) is 3.55. The minimum Gasteiger partial charge on any atom is -0.497 e. The summed E-state index contributed by atoms with van der Waals surface area (Å²) in [5, 5.41) is 0. The fourth-order valence-corrected chi connectivity index (χ4v) is 2.41. The Kier molecular flexibility index (Phi) is 5.15. The lowest BCUT2D eigenvalue weighted by molar-refractivity contribution is -0.0384. The smallest absolute Gasteiger partial charge is 0.119 e. The molecule has 0 amide bonds. The molecule has 0 saturated carbocycles. The molecule has 0 bridgehead atoms. The first-order chi connectivity index (χ1) is 9.22. The molecule has 106 valence electrons. The molecule has 1 aliphatic heterocycles. The van der Waals surface area contributed by atoms with Crippen molar-refractivity contribution in [1.82, 2.24) is 10.3 Å². The molecule has 1 aromatic carbocycles. The van der Waals surface area contributed by atoms with Crippen molar-refractivity contribution in [2.24, 2.45) is 5.84 Å². The van der Waals surface area contributed by atoms with Gasteiger partial charge in [0.1, 0.15) is 5.75 Å². The monoisotopic (exact) mass is 265 g/mol. The van der Waals surface area contributed by atoms with Crippen LogP contribution in [0, 0.1) is 0 Å². The minimum atomic E-state index is 0.106. The summed E-state index contributed by atoms with van der Waals surface area (Å²) >= 11 is 0. The highest BCUT2D eigenvalue weighted by atomic mass is 16.5. The van der Waals surface area contributed by atoms with Crippen molar-refractivity contribution in [2.75, 3.05) is 33.9 Å². The highest BCUT2D eigenvalue weighted by molar-refractivity contribution is 5.29. The molecular weight excluding hydrogens is 242 g/mol. The first-order valence-corrected chi connectivity index (χ1v) is 6.62. The SMILES string of the molecule is COc1cccc(CC(NN)C2CN(C)CCO2)c1. The molecule has 1 heterocycles. The topological polar surface area (TPSA) is 59.8 Å². The zero-order chi connectivity index (χ0) is 13.7. The molecule has 0 aromatic heterocycles. The number of ether oxygens (including phenoxy) is 2. The number of morpholine rings is 1. The maximum absolute atomic E-state index is 5.81. The van der Waals surface area contributed by atoms with Crippen LogP contribution in [0.1, 0.15) is 5.56 Å². The zero-order valence-corrected chi connectivity index (χ0v) is 11.6. The predicted molar refractivity (Wildman–Crippen MR) is 75.0 cm³/mol. The first-order valence-electron chi connectivity index (χ1n) is 6.62. The summed E-state index contributed by atoms with van der Waals surface area (Å²) in [6.45, 7) is 2.64. The Morgan fingerprint density at radius 3 is 3.11 bits per heavy atom. The Morgan fingerprint density at radius 2 is 2.42 bits per heavy atom. The number of benzene rings is 1. The lowest BCUT2D eigenvalue weighted by Gasteiger charge is -2.35. The second-order valence-electron chi connectivity index (χ2n) is 5.00. The van der Waals surface area contributed by atoms with Gasteiger partial charge in [0.25, 0.3) is 0 Å². The van der Waals surface area contributed by atoms with Gasteiger partial charge in [-0.05, 0) is 31.2 Å². The Morgan fingerprint density at radius 1 is 1.58 bits per heavy atom. The van der Waals surface area contributed by atoms with Gasteiger partial charge in [0.2, 0.25) is 0 Å². The molecule has 19 heavy (non-hydrogen) atoms. The van der Waals surface area contributed by atoms with Gasteiger partial charge in [-0.2, -0.15) is 0 Å². The number of nitrogens with one attached hydrogen (secondary N) is 1. The van der Waals surface area contributed by atoms with Gasteiger partial charge in [-0.15, -0.1) is 0 Å². The number of hydrogen-bond donors (Lipinski definition) is 2. The number of methoxy groups -OCH3 is 1. The van der Waals surface area contributed by atoms with Crippen LogP contribution in [0.25, 0.3) is 0 Å². The molecule has 1 saturated heterocycles. The van der Waals surface area contributed by atoms with E-state index < -0.39 is 0 Å². The van der Waals surface area contributed by atoms with Gasteiger partial charge in [0.05, 0.1) is 25.9 Å². The van der Waals surface area contributed by atoms with Crippen molar-refractivity contribution in [3.63, 3.8) is 0 Å². The first kappa shape index (κ1) is 14.3. The molecule has 0 aliphatic carbocycles. The molecule has 1 aromatic rings. The van der Waals surface area contributed by atoms with Gasteiger partial charge in [-0.1, -0.05) is 12.1 Å². The van der Waals surface area contributed by atoms with Gasteiger partial charge < -0.3 is 14.4 Å². The maximum atomic E-state index is 5.81. The van der Waals surface area contributed by atoms with Crippen molar-refractivity contribution < 1.29 is 9.47 Å². The molecule has 2 atom stereocenters. The van der Waals surface area contributed by atoms with E-state index >= 15 is 0 Å². The fraction of sp³-hybridized carbons (Fsp3) is 0.571. The number of nitrogens with two attached hydrogens (primary N) is 1. The lowest BCUT2D eigenvalue weighted by atomic mass is 10.0. The van der Waals surface area contributed by atoms with E-state index in [1.807, 2.05) is 18.2 Å². The van der Waals surface area contributed by atoms with Crippen molar-refractivity contribution in [2.45, 2.75) is 18.6 Å². The molecule has 2 rings (SSSR count). The summed E-state index contributed by atoms with van der Waals surface area (Å²) in [5.41, 5.74) is 4.08. The quantitative estimate of drug-likeness (QED) is 0.596. The summed E-state index contributed by atoms with van der Waals surface area (Å²) in [5.74, 6) is 6.56. The average Bonchev–Trinajstić information content (AvgIpc) is 2.45. The van der Waals surface area contributed by atoms with Crippen LogP contribution in [-0.2, 0) is 11.2 Å². The third kappa shape index (κ3) is 3.91. The molecule has 2 unspecified atom stereocenters. The predicted octanol–water partition coefficient (Wildman–Crippen LogP) is 0.400. The molecule has 5 heteroatoms. The van der Waals surface area contributed by atoms with Gasteiger partial charge in [-0.3, -0.25) is 11.3 Å². The summed E-state index contributed by atoms with van der Waals surface area (Å²) in [7, 11) is 3.78. The summed E-state index contributed by atoms with van der Waals surface area (Å²) < 4.78 is 11.1. The molecule has 3 N–H and O–H groups in total. The number of hydrogen-bond acceptors (Lipinski definition) is 5. The molecular formula is C14H23N3O2. The van der Waals surface area contributed by atoms with Crippen LogP contribution >= 0.6 is 0 Å². The minimum absolute atomic E-state index is 0.106. The van der Waals surface area contributed by atoms with Gasteiger partial charge >= 0.3 is 0 Å². The van der Waals surface area contributed by atoms with E-state index in [-0.39, 0.29) is 12.1 Å². The van der Waals surface area contributed by atoms with Crippen LogP contribution in [0.15, 0.2) is 24.3 Å². The van der Waals surface area contributed by atoms with Crippen LogP contribution in [0.4, 0.5) is 0 Å². The number of rotatable bonds is 5. The summed E-state index contributed by atoms with van der Waals surface area (Å²) in [6.07, 6.45) is 0.946. The average molecular weight is 265 g/mol. The van der Waals surface area contributed by atoms with E-state index in [2.05, 4.69) is 23.4 Å². The molecule has 0 spiro atoms. The van der Waals surface area contributed by atoms with Gasteiger partial charge in [0, 0.05) is 13.1 Å². The van der Waals surface area contributed by atoms with E-state index in [0.717, 1.165) is 31.9 Å². The van der Waals surface area contributed by atoms with Crippen LogP contribution in [-0.4, -0.2) is 50.9 Å². The van der Waals surface area contributed by atoms with Crippen LogP contribution < -0.4 is 16.0 Å².